The van der Waals surface area contributed by atoms with Gasteiger partial charge < -0.3 is 79.0 Å². The van der Waals surface area contributed by atoms with E-state index in [0.29, 0.717) is 23.7 Å². The highest BCUT2D eigenvalue weighted by Crippen LogP contribution is 2.68. The number of ether oxygens (including phenoxy) is 8. The number of hydrogen-bond donors (Lipinski definition) is 9. The Bertz CT molecular complexity index is 2220. The van der Waals surface area contributed by atoms with Crippen molar-refractivity contribution in [3.63, 3.8) is 0 Å². The first kappa shape index (κ1) is 57.8. The zero-order valence-corrected chi connectivity index (χ0v) is 45.0. The molecule has 22 heteroatoms. The highest BCUT2D eigenvalue weighted by molar-refractivity contribution is 5.76. The standard InChI is InChI=1S/C53H83N3O19/c1-24(58)55-33-39(34(60)31(23-57)69-47(33)72-40-35(61)37(63)44(49(2,3)4)70-42(40)45(65)66)71-48-38(64)36(62)41(75-50(5,6)7)43(73-48)46(67)68-19-11-12-32(59)74-53(10)18-16-29-27-14-13-26-20-30-25(22-54-56-30)21-51(26,8)28(27)15-17-52(29,53)9/h22,26-29,31,33-44,47-48,57,60-64H,11-21,23H2,1-10H3,(H,54,56)(H,55,58)(H,65,66)/t26?,27?,28?,29?,31?,33?,34?,35?,36?,37?,38?,39?,40?,41?,42?,43?,44?,47?,48?,51-,52-,53-/m0/s1. The summed E-state index contributed by atoms with van der Waals surface area (Å²) < 4.78 is 47.8. The molecule has 424 valence electrons. The summed E-state index contributed by atoms with van der Waals surface area (Å²) in [6, 6.07) is -1.64. The molecule has 0 bridgehead atoms. The van der Waals surface area contributed by atoms with Gasteiger partial charge in [-0.3, -0.25) is 14.7 Å². The minimum absolute atomic E-state index is 0.0578. The lowest BCUT2D eigenvalue weighted by Crippen LogP contribution is -2.70. The molecule has 1 amide bonds. The summed E-state index contributed by atoms with van der Waals surface area (Å²) >= 11 is 0. The monoisotopic (exact) mass is 1070 g/mol. The number of aliphatic hydroxyl groups excluding tert-OH is 6. The number of carboxylic acid groups (broad SMARTS) is 1. The topological polar surface area (TPSA) is 324 Å². The largest absolute Gasteiger partial charge is 0.479 e. The molecule has 6 fully saturated rings. The molecule has 3 saturated heterocycles. The number of carboxylic acids is 1. The second-order valence-corrected chi connectivity index (χ2v) is 25.3. The number of aromatic nitrogens is 2. The number of esters is 2. The third kappa shape index (κ3) is 11.2. The Balaban J connectivity index is 0.920. The molecule has 3 saturated carbocycles. The molecule has 3 aliphatic heterocycles. The average molecular weight is 1070 g/mol. The predicted molar refractivity (Wildman–Crippen MR) is 261 cm³/mol. The predicted octanol–water partition coefficient (Wildman–Crippen LogP) is 1.60. The van der Waals surface area contributed by atoms with Gasteiger partial charge in [0.25, 0.3) is 0 Å². The van der Waals surface area contributed by atoms with E-state index in [2.05, 4.69) is 36.3 Å². The van der Waals surface area contributed by atoms with E-state index >= 15 is 0 Å². The molecule has 7 aliphatic rings. The fraction of sp³-hybridized carbons (Fsp3) is 0.868. The lowest BCUT2D eigenvalue weighted by atomic mass is 9.44. The van der Waals surface area contributed by atoms with E-state index in [1.807, 2.05) is 6.20 Å². The van der Waals surface area contributed by atoms with Crippen LogP contribution in [-0.4, -0.2) is 186 Å². The fourth-order valence-corrected chi connectivity index (χ4v) is 14.3. The van der Waals surface area contributed by atoms with Crippen LogP contribution in [0.2, 0.25) is 0 Å². The molecule has 75 heavy (non-hydrogen) atoms. The van der Waals surface area contributed by atoms with Crippen molar-refractivity contribution in [2.45, 2.75) is 237 Å². The minimum atomic E-state index is -1.99. The van der Waals surface area contributed by atoms with Crippen LogP contribution in [-0.2, 0) is 69.9 Å². The van der Waals surface area contributed by atoms with E-state index < -0.39 is 139 Å². The van der Waals surface area contributed by atoms with Crippen LogP contribution < -0.4 is 5.32 Å². The minimum Gasteiger partial charge on any atom is -0.479 e. The number of amides is 1. The molecule has 0 radical (unpaired) electrons. The maximum absolute atomic E-state index is 14.0. The van der Waals surface area contributed by atoms with Crippen molar-refractivity contribution in [2.24, 2.45) is 39.9 Å². The van der Waals surface area contributed by atoms with Crippen LogP contribution in [0.1, 0.15) is 132 Å². The maximum Gasteiger partial charge on any atom is 0.338 e. The Labute approximate surface area is 438 Å². The number of aromatic amines is 1. The van der Waals surface area contributed by atoms with Crippen molar-refractivity contribution in [3.8, 4) is 0 Å². The van der Waals surface area contributed by atoms with Gasteiger partial charge in [-0.2, -0.15) is 5.10 Å². The lowest BCUT2D eigenvalue weighted by molar-refractivity contribution is -0.358. The Morgan fingerprint density at radius 1 is 0.813 bits per heavy atom. The molecule has 9 N–H and O–H groups in total. The van der Waals surface area contributed by atoms with Crippen LogP contribution >= 0.6 is 0 Å². The molecule has 1 aromatic rings. The Kier molecular flexibility index (Phi) is 16.7. The Morgan fingerprint density at radius 2 is 1.49 bits per heavy atom. The van der Waals surface area contributed by atoms with E-state index in [1.54, 1.807) is 41.5 Å². The molecule has 22 nitrogen and oxygen atoms in total. The highest BCUT2D eigenvalue weighted by atomic mass is 16.7. The SMILES string of the molecule is CC(=O)NC1C(OC2C(C(=O)O)OC(C(C)(C)C)C(O)C2O)OC(CO)C(O)C1OC1OC(C(=O)OCCCC(=O)O[C@@]2(C)CCC3C4CCC5Cc6[nH]ncc6C[C@]5(C)C4CC[C@@]32C)C(OC(C)(C)C)C(O)C1O. The summed E-state index contributed by atoms with van der Waals surface area (Å²) in [5, 5.41) is 87.7. The van der Waals surface area contributed by atoms with E-state index in [4.69, 9.17) is 37.9 Å². The van der Waals surface area contributed by atoms with Gasteiger partial charge in [0.1, 0.15) is 66.6 Å². The number of carbonyl (C=O) groups is 4. The highest BCUT2D eigenvalue weighted by Gasteiger charge is 2.65. The van der Waals surface area contributed by atoms with Gasteiger partial charge >= 0.3 is 17.9 Å². The quantitative estimate of drug-likeness (QED) is 0.0944. The molecule has 4 aliphatic carbocycles. The van der Waals surface area contributed by atoms with E-state index in [-0.39, 0.29) is 30.3 Å². The molecule has 1 aromatic heterocycles. The number of rotatable bonds is 14. The lowest BCUT2D eigenvalue weighted by Gasteiger charge is -2.61. The second kappa shape index (κ2) is 21.7. The van der Waals surface area contributed by atoms with Crippen molar-refractivity contribution in [1.29, 1.82) is 0 Å². The number of hydrogen-bond acceptors (Lipinski definition) is 19. The summed E-state index contributed by atoms with van der Waals surface area (Å²) in [6.45, 7) is 16.7. The molecule has 0 aromatic carbocycles. The van der Waals surface area contributed by atoms with Crippen LogP contribution in [0.25, 0.3) is 0 Å². The maximum atomic E-state index is 14.0. The van der Waals surface area contributed by atoms with Gasteiger partial charge in [-0.05, 0) is 126 Å². The Morgan fingerprint density at radius 3 is 2.15 bits per heavy atom. The number of nitrogens with zero attached hydrogens (tertiary/aromatic N) is 1. The summed E-state index contributed by atoms with van der Waals surface area (Å²) in [6.07, 6.45) is -14.5. The summed E-state index contributed by atoms with van der Waals surface area (Å²) in [5.74, 6) is -1.61. The van der Waals surface area contributed by atoms with Crippen LogP contribution in [0.15, 0.2) is 6.20 Å². The second-order valence-electron chi connectivity index (χ2n) is 25.3. The number of carbonyl (C=O) groups excluding carboxylic acids is 3. The molecule has 0 spiro atoms. The average Bonchev–Trinajstić information content (AvgIpc) is 3.88. The number of nitrogens with one attached hydrogen (secondary N) is 2. The van der Waals surface area contributed by atoms with Crippen molar-refractivity contribution in [2.75, 3.05) is 13.2 Å². The van der Waals surface area contributed by atoms with Gasteiger partial charge in [0.05, 0.1) is 31.1 Å². The summed E-state index contributed by atoms with van der Waals surface area (Å²) in [5.41, 5.74) is 0.0840. The normalized spacial score (nSPS) is 43.8. The van der Waals surface area contributed by atoms with Crippen LogP contribution in [0.3, 0.4) is 0 Å². The van der Waals surface area contributed by atoms with Gasteiger partial charge in [0.2, 0.25) is 5.91 Å². The van der Waals surface area contributed by atoms with Crippen LogP contribution in [0.4, 0.5) is 0 Å². The molecule has 8 rings (SSSR count). The van der Waals surface area contributed by atoms with Gasteiger partial charge in [-0.1, -0.05) is 34.6 Å². The van der Waals surface area contributed by atoms with Crippen molar-refractivity contribution in [3.05, 3.63) is 17.5 Å². The van der Waals surface area contributed by atoms with Crippen molar-refractivity contribution < 1.29 is 92.8 Å². The first-order chi connectivity index (χ1) is 35.0. The summed E-state index contributed by atoms with van der Waals surface area (Å²) in [4.78, 5) is 53.0. The van der Waals surface area contributed by atoms with Crippen molar-refractivity contribution in [1.82, 2.24) is 15.5 Å². The first-order valence-corrected chi connectivity index (χ1v) is 26.9. The third-order valence-corrected chi connectivity index (χ3v) is 18.3. The molecule has 19 unspecified atom stereocenters. The van der Waals surface area contributed by atoms with Crippen LogP contribution in [0.5, 0.6) is 0 Å². The molecule has 4 heterocycles. The van der Waals surface area contributed by atoms with E-state index in [9.17, 15) is 54.9 Å². The van der Waals surface area contributed by atoms with Gasteiger partial charge in [0.15, 0.2) is 24.8 Å². The number of fused-ring (bicyclic) bond motifs is 6. The smallest absolute Gasteiger partial charge is 0.338 e. The number of aliphatic carboxylic acids is 1. The number of H-pyrrole nitrogens is 1. The zero-order valence-electron chi connectivity index (χ0n) is 45.0. The van der Waals surface area contributed by atoms with E-state index in [1.165, 1.54) is 17.7 Å². The van der Waals surface area contributed by atoms with Gasteiger partial charge in [-0.25, -0.2) is 9.59 Å². The molecule has 22 atom stereocenters. The van der Waals surface area contributed by atoms with Crippen molar-refractivity contribution >= 4 is 23.8 Å². The zero-order chi connectivity index (χ0) is 54.9. The molecular formula is C53H83N3O19. The fourth-order valence-electron chi connectivity index (χ4n) is 14.3. The first-order valence-electron chi connectivity index (χ1n) is 26.9. The van der Waals surface area contributed by atoms with Gasteiger partial charge in [0, 0.05) is 24.5 Å². The van der Waals surface area contributed by atoms with Crippen LogP contribution in [0, 0.1) is 39.9 Å². The number of aliphatic hydroxyl groups is 6. The third-order valence-electron chi connectivity index (χ3n) is 18.3. The molecular weight excluding hydrogens is 983 g/mol. The Hall–Kier alpha value is -3.39. The van der Waals surface area contributed by atoms with E-state index in [0.717, 1.165) is 51.9 Å². The van der Waals surface area contributed by atoms with Gasteiger partial charge in [-0.15, -0.1) is 0 Å². The summed E-state index contributed by atoms with van der Waals surface area (Å²) in [7, 11) is 0.